The van der Waals surface area contributed by atoms with Crippen molar-refractivity contribution in [2.45, 2.75) is 10.9 Å². The lowest BCUT2D eigenvalue weighted by molar-refractivity contribution is 0.685. The van der Waals surface area contributed by atoms with Crippen molar-refractivity contribution in [1.29, 1.82) is 0 Å². The molecule has 1 aromatic heterocycles. The lowest BCUT2D eigenvalue weighted by Crippen LogP contribution is -1.94. The number of nitrogens with two attached hydrogens (primary N) is 1. The van der Waals surface area contributed by atoms with Gasteiger partial charge in [0.15, 0.2) is 5.16 Å². The summed E-state index contributed by atoms with van der Waals surface area (Å²) in [7, 11) is 1.86. The molecule has 0 aliphatic heterocycles. The second-order valence-corrected chi connectivity index (χ2v) is 4.66. The van der Waals surface area contributed by atoms with E-state index >= 15 is 0 Å². The van der Waals surface area contributed by atoms with Crippen LogP contribution >= 0.6 is 23.4 Å². The van der Waals surface area contributed by atoms with Gasteiger partial charge < -0.3 is 5.73 Å². The van der Waals surface area contributed by atoms with E-state index in [1.54, 1.807) is 22.5 Å². The fraction of sp³-hybridized carbons (Fsp3) is 0.200. The number of rotatable bonds is 3. The van der Waals surface area contributed by atoms with E-state index in [1.807, 2.05) is 19.2 Å². The molecule has 84 valence electrons. The van der Waals surface area contributed by atoms with Gasteiger partial charge in [-0.3, -0.25) is 0 Å². The number of hydrogen-bond acceptors (Lipinski definition) is 4. The first-order valence-corrected chi connectivity index (χ1v) is 6.04. The third-order valence-electron chi connectivity index (χ3n) is 2.10. The van der Waals surface area contributed by atoms with Gasteiger partial charge in [-0.15, -0.1) is 0 Å². The van der Waals surface area contributed by atoms with Crippen LogP contribution in [-0.2, 0) is 12.8 Å². The Kier molecular flexibility index (Phi) is 3.36. The number of halogens is 1. The third kappa shape index (κ3) is 2.48. The first kappa shape index (κ1) is 11.3. The molecule has 0 aliphatic carbocycles. The maximum absolute atomic E-state index is 6.07. The number of aromatic nitrogens is 3. The third-order valence-corrected chi connectivity index (χ3v) is 3.54. The Morgan fingerprint density at radius 2 is 2.31 bits per heavy atom. The summed E-state index contributed by atoms with van der Waals surface area (Å²) >= 11 is 7.66. The molecule has 0 bridgehead atoms. The van der Waals surface area contributed by atoms with Gasteiger partial charge in [0.1, 0.15) is 6.33 Å². The van der Waals surface area contributed by atoms with E-state index in [2.05, 4.69) is 10.1 Å². The van der Waals surface area contributed by atoms with E-state index in [9.17, 15) is 0 Å². The first-order chi connectivity index (χ1) is 7.66. The topological polar surface area (TPSA) is 56.7 Å². The molecule has 4 nitrogen and oxygen atoms in total. The van der Waals surface area contributed by atoms with Gasteiger partial charge in [0.05, 0.1) is 0 Å². The standard InChI is InChI=1S/C10H11ClN4S/c1-15-10(13-6-14-15)16-5-7-2-3-8(12)4-9(7)11/h2-4,6H,5,12H2,1H3. The molecule has 0 spiro atoms. The molecule has 1 heterocycles. The summed E-state index contributed by atoms with van der Waals surface area (Å²) in [4.78, 5) is 4.13. The molecule has 16 heavy (non-hydrogen) atoms. The molecule has 0 fully saturated rings. The van der Waals surface area contributed by atoms with Gasteiger partial charge in [-0.25, -0.2) is 9.67 Å². The summed E-state index contributed by atoms with van der Waals surface area (Å²) in [6.45, 7) is 0. The fourth-order valence-corrected chi connectivity index (χ4v) is 2.47. The summed E-state index contributed by atoms with van der Waals surface area (Å²) in [5.74, 6) is 0.756. The molecule has 2 N–H and O–H groups in total. The molecule has 0 unspecified atom stereocenters. The van der Waals surface area contributed by atoms with Gasteiger partial charge in [0.25, 0.3) is 0 Å². The number of thioether (sulfide) groups is 1. The molecule has 2 rings (SSSR count). The largest absolute Gasteiger partial charge is 0.399 e. The Morgan fingerprint density at radius 1 is 1.50 bits per heavy atom. The quantitative estimate of drug-likeness (QED) is 0.675. The van der Waals surface area contributed by atoms with Crippen molar-refractivity contribution in [1.82, 2.24) is 14.8 Å². The average Bonchev–Trinajstić information content (AvgIpc) is 2.63. The van der Waals surface area contributed by atoms with Crippen molar-refractivity contribution < 1.29 is 0 Å². The van der Waals surface area contributed by atoms with E-state index < -0.39 is 0 Å². The minimum Gasteiger partial charge on any atom is -0.399 e. The second kappa shape index (κ2) is 4.76. The molecular formula is C10H11ClN4S. The number of aryl methyl sites for hydroxylation is 1. The molecule has 0 saturated heterocycles. The lowest BCUT2D eigenvalue weighted by Gasteiger charge is -2.04. The number of nitrogens with zero attached hydrogens (tertiary/aromatic N) is 3. The highest BCUT2D eigenvalue weighted by molar-refractivity contribution is 7.98. The maximum atomic E-state index is 6.07. The zero-order valence-electron chi connectivity index (χ0n) is 8.72. The Morgan fingerprint density at radius 3 is 2.94 bits per heavy atom. The van der Waals surface area contributed by atoms with Crippen LogP contribution in [-0.4, -0.2) is 14.8 Å². The van der Waals surface area contributed by atoms with Crippen molar-refractivity contribution in [2.24, 2.45) is 7.05 Å². The molecule has 0 saturated carbocycles. The van der Waals surface area contributed by atoms with Gasteiger partial charge in [0, 0.05) is 23.5 Å². The molecule has 6 heteroatoms. The monoisotopic (exact) mass is 254 g/mol. The molecular weight excluding hydrogens is 244 g/mol. The highest BCUT2D eigenvalue weighted by Gasteiger charge is 2.05. The molecule has 0 amide bonds. The summed E-state index contributed by atoms with van der Waals surface area (Å²) in [5.41, 5.74) is 7.35. The predicted molar refractivity (Wildman–Crippen MR) is 66.4 cm³/mol. The van der Waals surface area contributed by atoms with Gasteiger partial charge in [-0.05, 0) is 17.7 Å². The van der Waals surface area contributed by atoms with Crippen LogP contribution in [0.15, 0.2) is 29.7 Å². The maximum Gasteiger partial charge on any atom is 0.186 e. The Hall–Kier alpha value is -1.20. The van der Waals surface area contributed by atoms with E-state index in [-0.39, 0.29) is 0 Å². The van der Waals surface area contributed by atoms with E-state index in [1.165, 1.54) is 6.33 Å². The second-order valence-electron chi connectivity index (χ2n) is 3.31. The van der Waals surface area contributed by atoms with Crippen LogP contribution in [0.25, 0.3) is 0 Å². The zero-order chi connectivity index (χ0) is 11.5. The molecule has 0 radical (unpaired) electrons. The molecule has 0 atom stereocenters. The normalized spacial score (nSPS) is 10.6. The van der Waals surface area contributed by atoms with Crippen LogP contribution in [0.3, 0.4) is 0 Å². The minimum atomic E-state index is 0.678. The van der Waals surface area contributed by atoms with E-state index in [0.717, 1.165) is 16.5 Å². The smallest absolute Gasteiger partial charge is 0.186 e. The van der Waals surface area contributed by atoms with E-state index in [0.29, 0.717) is 10.7 Å². The highest BCUT2D eigenvalue weighted by atomic mass is 35.5. The number of anilines is 1. The van der Waals surface area contributed by atoms with Gasteiger partial charge in [-0.1, -0.05) is 29.4 Å². The van der Waals surface area contributed by atoms with Gasteiger partial charge >= 0.3 is 0 Å². The fourth-order valence-electron chi connectivity index (χ4n) is 1.24. The summed E-state index contributed by atoms with van der Waals surface area (Å²) in [5, 5.41) is 5.56. The summed E-state index contributed by atoms with van der Waals surface area (Å²) in [6.07, 6.45) is 1.53. The highest BCUT2D eigenvalue weighted by Crippen LogP contribution is 2.26. The predicted octanol–water partition coefficient (Wildman–Crippen LogP) is 2.34. The van der Waals surface area contributed by atoms with Crippen LogP contribution in [0.4, 0.5) is 5.69 Å². The van der Waals surface area contributed by atoms with Crippen molar-refractivity contribution in [3.05, 3.63) is 35.1 Å². The minimum absolute atomic E-state index is 0.678. The molecule has 0 aliphatic rings. The van der Waals surface area contributed by atoms with Gasteiger partial charge in [-0.2, -0.15) is 5.10 Å². The van der Waals surface area contributed by atoms with Crippen molar-refractivity contribution in [2.75, 3.05) is 5.73 Å². The summed E-state index contributed by atoms with van der Waals surface area (Å²) in [6, 6.07) is 5.54. The average molecular weight is 255 g/mol. The SMILES string of the molecule is Cn1ncnc1SCc1ccc(N)cc1Cl. The molecule has 1 aromatic carbocycles. The van der Waals surface area contributed by atoms with Crippen LogP contribution in [0.5, 0.6) is 0 Å². The van der Waals surface area contributed by atoms with Crippen LogP contribution in [0, 0.1) is 0 Å². The summed E-state index contributed by atoms with van der Waals surface area (Å²) < 4.78 is 1.73. The van der Waals surface area contributed by atoms with Crippen LogP contribution in [0.1, 0.15) is 5.56 Å². The van der Waals surface area contributed by atoms with Crippen LogP contribution in [0.2, 0.25) is 5.02 Å². The van der Waals surface area contributed by atoms with Crippen LogP contribution < -0.4 is 5.73 Å². The van der Waals surface area contributed by atoms with E-state index in [4.69, 9.17) is 17.3 Å². The van der Waals surface area contributed by atoms with Crippen molar-refractivity contribution in [3.8, 4) is 0 Å². The Bertz CT molecular complexity index is 497. The number of benzene rings is 1. The number of hydrogen-bond donors (Lipinski definition) is 1. The van der Waals surface area contributed by atoms with Crippen molar-refractivity contribution in [3.63, 3.8) is 0 Å². The van der Waals surface area contributed by atoms with Crippen molar-refractivity contribution >= 4 is 29.1 Å². The number of nitrogen functional groups attached to an aromatic ring is 1. The zero-order valence-corrected chi connectivity index (χ0v) is 10.3. The Balaban J connectivity index is 2.08. The Labute approximate surface area is 103 Å². The van der Waals surface area contributed by atoms with Gasteiger partial charge in [0.2, 0.25) is 0 Å². The first-order valence-electron chi connectivity index (χ1n) is 4.67. The lowest BCUT2D eigenvalue weighted by atomic mass is 10.2. The molecule has 2 aromatic rings.